The van der Waals surface area contributed by atoms with Crippen molar-refractivity contribution in [3.63, 3.8) is 0 Å². The number of hydrogen-bond donors (Lipinski definition) is 6. The maximum atomic E-state index is 13.4. The number of unbranched alkanes of at least 4 members (excludes halogenated alkanes) is 29. The van der Waals surface area contributed by atoms with Crippen molar-refractivity contribution < 1.29 is 49.3 Å². The summed E-state index contributed by atoms with van der Waals surface area (Å²) in [6.45, 7) is 5.72. The molecule has 1 heterocycles. The molecule has 0 aromatic carbocycles. The fourth-order valence-corrected chi connectivity index (χ4v) is 9.51. The number of carbonyl (C=O) groups is 2. The van der Waals surface area contributed by atoms with Crippen LogP contribution in [-0.4, -0.2) is 99.6 Å². The van der Waals surface area contributed by atoms with Gasteiger partial charge in [-0.05, 0) is 96.3 Å². The van der Waals surface area contributed by atoms with E-state index in [0.29, 0.717) is 12.8 Å². The summed E-state index contributed by atoms with van der Waals surface area (Å²) in [4.78, 5) is 26.5. The van der Waals surface area contributed by atoms with Crippen LogP contribution in [-0.2, 0) is 23.8 Å². The molecule has 1 rings (SSSR count). The van der Waals surface area contributed by atoms with Gasteiger partial charge in [-0.3, -0.25) is 9.59 Å². The van der Waals surface area contributed by atoms with Crippen LogP contribution in [0.2, 0.25) is 0 Å². The summed E-state index contributed by atoms with van der Waals surface area (Å²) in [5.41, 5.74) is 0. The molecule has 0 spiro atoms. The second-order valence-corrected chi connectivity index (χ2v) is 21.8. The maximum absolute atomic E-state index is 13.4. The second-order valence-electron chi connectivity index (χ2n) is 21.8. The zero-order chi connectivity index (χ0) is 56.1. The molecular weight excluding hydrogens is 967 g/mol. The first-order valence-corrected chi connectivity index (χ1v) is 31.7. The van der Waals surface area contributed by atoms with Crippen LogP contribution in [0.3, 0.4) is 0 Å². The molecule has 77 heavy (non-hydrogen) atoms. The highest BCUT2D eigenvalue weighted by molar-refractivity contribution is 5.80. The van der Waals surface area contributed by atoms with Crippen molar-refractivity contribution in [2.45, 2.75) is 320 Å². The molecule has 11 nitrogen and oxygen atoms in total. The molecule has 11 heteroatoms. The fraction of sp³-hybridized carbons (Fsp3) is 0.788. The predicted molar refractivity (Wildman–Crippen MR) is 319 cm³/mol. The Morgan fingerprint density at radius 3 is 1.36 bits per heavy atom. The summed E-state index contributed by atoms with van der Waals surface area (Å²) >= 11 is 0. The summed E-state index contributed by atoms with van der Waals surface area (Å²) in [5.74, 6) is -1.21. The standard InChI is InChI=1S/C66H117NO10/c1-4-7-10-13-16-19-22-24-26-28-29-30-32-33-35-38-41-44-47-50-53-59(70)65(74)67-57(58(69)52-49-46-43-40-37-21-18-15-12-9-6-3)56-75-66-64(63(73)62(72)60(55-68)76-66)77-61(71)54-51-48-45-42-39-36-34-31-27-25-23-20-17-14-11-8-5-2/h16-17,19-20,24-27,29-30,49,52,57-60,62-64,66,68-70,72-73H,4-15,18,21-23,28,31-48,50-51,53-56H2,1-3H3,(H,67,74)/b19-16-,20-17-,26-24-,27-25-,30-29-,52-49+. The number of hydrogen-bond acceptors (Lipinski definition) is 10. The van der Waals surface area contributed by atoms with Gasteiger partial charge in [0.1, 0.15) is 24.4 Å². The zero-order valence-electron chi connectivity index (χ0n) is 49.3. The molecule has 8 unspecified atom stereocenters. The average Bonchev–Trinajstić information content (AvgIpc) is 3.43. The molecule has 0 radical (unpaired) electrons. The highest BCUT2D eigenvalue weighted by Gasteiger charge is 2.47. The van der Waals surface area contributed by atoms with Crippen LogP contribution in [0.25, 0.3) is 0 Å². The van der Waals surface area contributed by atoms with Crippen LogP contribution in [0.5, 0.6) is 0 Å². The van der Waals surface area contributed by atoms with E-state index in [2.05, 4.69) is 86.8 Å². The van der Waals surface area contributed by atoms with Gasteiger partial charge in [0.15, 0.2) is 12.4 Å². The minimum Gasteiger partial charge on any atom is -0.454 e. The normalized spacial score (nSPS) is 19.5. The van der Waals surface area contributed by atoms with Gasteiger partial charge in [0.2, 0.25) is 5.91 Å². The van der Waals surface area contributed by atoms with Crippen LogP contribution >= 0.6 is 0 Å². The smallest absolute Gasteiger partial charge is 0.306 e. The molecule has 1 saturated heterocycles. The molecule has 1 aliphatic heterocycles. The third-order valence-electron chi connectivity index (χ3n) is 14.6. The highest BCUT2D eigenvalue weighted by atomic mass is 16.7. The van der Waals surface area contributed by atoms with Gasteiger partial charge in [0, 0.05) is 6.42 Å². The molecule has 6 N–H and O–H groups in total. The van der Waals surface area contributed by atoms with Gasteiger partial charge in [-0.2, -0.15) is 0 Å². The summed E-state index contributed by atoms with van der Waals surface area (Å²) < 4.78 is 17.6. The van der Waals surface area contributed by atoms with Crippen molar-refractivity contribution in [3.05, 3.63) is 72.9 Å². The van der Waals surface area contributed by atoms with Crippen LogP contribution < -0.4 is 5.32 Å². The Balaban J connectivity index is 2.66. The zero-order valence-corrected chi connectivity index (χ0v) is 49.3. The quantitative estimate of drug-likeness (QED) is 0.0195. The Kier molecular flexibility index (Phi) is 50.3. The van der Waals surface area contributed by atoms with Crippen LogP contribution in [0.15, 0.2) is 72.9 Å². The van der Waals surface area contributed by atoms with Gasteiger partial charge in [-0.25, -0.2) is 0 Å². The molecule has 1 fully saturated rings. The van der Waals surface area contributed by atoms with E-state index in [9.17, 15) is 35.1 Å². The number of esters is 1. The summed E-state index contributed by atoms with van der Waals surface area (Å²) in [6, 6.07) is -1.03. The molecule has 446 valence electrons. The van der Waals surface area contributed by atoms with Crippen molar-refractivity contribution >= 4 is 11.9 Å². The number of ether oxygens (including phenoxy) is 3. The third kappa shape index (κ3) is 41.7. The van der Waals surface area contributed by atoms with Crippen molar-refractivity contribution in [2.75, 3.05) is 13.2 Å². The van der Waals surface area contributed by atoms with Crippen molar-refractivity contribution in [1.82, 2.24) is 5.32 Å². The Morgan fingerprint density at radius 2 is 0.896 bits per heavy atom. The highest BCUT2D eigenvalue weighted by Crippen LogP contribution is 2.26. The molecule has 0 saturated carbocycles. The van der Waals surface area contributed by atoms with E-state index in [1.54, 1.807) is 6.08 Å². The fourth-order valence-electron chi connectivity index (χ4n) is 9.51. The molecule has 8 atom stereocenters. The van der Waals surface area contributed by atoms with E-state index < -0.39 is 67.4 Å². The number of carbonyl (C=O) groups excluding carboxylic acids is 2. The first-order valence-electron chi connectivity index (χ1n) is 31.7. The lowest BCUT2D eigenvalue weighted by Crippen LogP contribution is -2.61. The van der Waals surface area contributed by atoms with Gasteiger partial charge in [0.05, 0.1) is 25.4 Å². The largest absolute Gasteiger partial charge is 0.454 e. The Labute approximate surface area is 471 Å². The molecule has 1 amide bonds. The van der Waals surface area contributed by atoms with Crippen LogP contribution in [0.1, 0.15) is 271 Å². The number of aliphatic hydroxyl groups is 5. The van der Waals surface area contributed by atoms with E-state index in [4.69, 9.17) is 14.2 Å². The molecule has 0 aromatic heterocycles. The van der Waals surface area contributed by atoms with Crippen LogP contribution in [0.4, 0.5) is 0 Å². The molecule has 0 aromatic rings. The van der Waals surface area contributed by atoms with Gasteiger partial charge >= 0.3 is 5.97 Å². The van der Waals surface area contributed by atoms with Crippen molar-refractivity contribution in [3.8, 4) is 0 Å². The van der Waals surface area contributed by atoms with Crippen LogP contribution in [0, 0.1) is 0 Å². The first kappa shape index (κ1) is 72.1. The molecule has 0 aliphatic carbocycles. The Bertz CT molecular complexity index is 1530. The third-order valence-corrected chi connectivity index (χ3v) is 14.6. The number of aliphatic hydroxyl groups excluding tert-OH is 5. The SMILES string of the molecule is CCCCC/C=C\C/C=C\C/C=C\CCCCCCCCCC(O)C(=O)NC(COC1OC(CO)C(O)C(O)C1OC(=O)CCCCCCCCC/C=C\C/C=C\CCCCC)C(O)/C=C/CCCCCCCCCCC. The topological polar surface area (TPSA) is 175 Å². The van der Waals surface area contributed by atoms with Gasteiger partial charge in [-0.1, -0.05) is 241 Å². The maximum Gasteiger partial charge on any atom is 0.306 e. The van der Waals surface area contributed by atoms with E-state index in [0.717, 1.165) is 103 Å². The van der Waals surface area contributed by atoms with E-state index >= 15 is 0 Å². The number of rotatable bonds is 53. The van der Waals surface area contributed by atoms with Gasteiger partial charge in [0.25, 0.3) is 0 Å². The summed E-state index contributed by atoms with van der Waals surface area (Å²) in [7, 11) is 0. The first-order chi connectivity index (χ1) is 37.7. The van der Waals surface area contributed by atoms with E-state index in [1.165, 1.54) is 122 Å². The van der Waals surface area contributed by atoms with E-state index in [-0.39, 0.29) is 19.4 Å². The Morgan fingerprint density at radius 1 is 0.506 bits per heavy atom. The Hall–Kier alpha value is -2.90. The summed E-state index contributed by atoms with van der Waals surface area (Å²) in [6.07, 6.45) is 57.9. The molecule has 0 bridgehead atoms. The van der Waals surface area contributed by atoms with Crippen molar-refractivity contribution in [1.29, 1.82) is 0 Å². The number of nitrogens with one attached hydrogen (secondary N) is 1. The lowest BCUT2D eigenvalue weighted by atomic mass is 9.99. The van der Waals surface area contributed by atoms with Gasteiger partial charge < -0.3 is 45.1 Å². The molecular formula is C66H117NO10. The lowest BCUT2D eigenvalue weighted by Gasteiger charge is -2.41. The minimum atomic E-state index is -1.62. The number of amides is 1. The van der Waals surface area contributed by atoms with Gasteiger partial charge in [-0.15, -0.1) is 0 Å². The summed E-state index contributed by atoms with van der Waals surface area (Å²) in [5, 5.41) is 57.0. The monoisotopic (exact) mass is 1080 g/mol. The average molecular weight is 1080 g/mol. The molecule has 1 aliphatic rings. The van der Waals surface area contributed by atoms with Crippen molar-refractivity contribution in [2.24, 2.45) is 0 Å². The second kappa shape index (κ2) is 53.7. The minimum absolute atomic E-state index is 0.112. The lowest BCUT2D eigenvalue weighted by molar-refractivity contribution is -0.305. The number of allylic oxidation sites excluding steroid dienone is 11. The van der Waals surface area contributed by atoms with E-state index in [1.807, 2.05) is 6.08 Å². The predicted octanol–water partition coefficient (Wildman–Crippen LogP) is 15.2.